The third-order valence-electron chi connectivity index (χ3n) is 4.67. The highest BCUT2D eigenvalue weighted by molar-refractivity contribution is 5.83. The van der Waals surface area contributed by atoms with E-state index in [1.54, 1.807) is 6.92 Å². The number of aromatic nitrogens is 1. The van der Waals surface area contributed by atoms with E-state index in [0.29, 0.717) is 18.5 Å². The smallest absolute Gasteiger partial charge is 0.407 e. The highest BCUT2D eigenvalue weighted by Gasteiger charge is 2.22. The fourth-order valence-electron chi connectivity index (χ4n) is 3.21. The van der Waals surface area contributed by atoms with Crippen LogP contribution in [0.5, 0.6) is 0 Å². The van der Waals surface area contributed by atoms with Gasteiger partial charge in [-0.3, -0.25) is 10.1 Å². The first-order valence-corrected chi connectivity index (χ1v) is 9.27. The Morgan fingerprint density at radius 2 is 2.17 bits per heavy atom. The summed E-state index contributed by atoms with van der Waals surface area (Å²) in [5.41, 5.74) is 11.2. The molecule has 0 spiro atoms. The molecule has 154 valence electrons. The number of rotatable bonds is 8. The van der Waals surface area contributed by atoms with Gasteiger partial charge in [-0.15, -0.1) is 0 Å². The predicted octanol–water partition coefficient (Wildman–Crippen LogP) is 4.92. The fraction of sp³-hybridized carbons (Fsp3) is 0.250. The van der Waals surface area contributed by atoms with Crippen LogP contribution in [0.3, 0.4) is 0 Å². The normalized spacial score (nSPS) is 11.5. The van der Waals surface area contributed by atoms with Gasteiger partial charge in [-0.25, -0.2) is 4.79 Å². The van der Waals surface area contributed by atoms with Crippen LogP contribution in [0.15, 0.2) is 53.8 Å². The van der Waals surface area contributed by atoms with Crippen molar-refractivity contribution in [1.29, 1.82) is 0 Å². The lowest BCUT2D eigenvalue weighted by atomic mass is 10.0. The number of amides is 1. The Bertz CT molecular complexity index is 1120. The summed E-state index contributed by atoms with van der Waals surface area (Å²) >= 11 is 0. The summed E-state index contributed by atoms with van der Waals surface area (Å²) < 4.78 is 5.33. The zero-order chi connectivity index (χ0) is 21.5. The fourth-order valence-corrected chi connectivity index (χ4v) is 3.21. The van der Waals surface area contributed by atoms with Crippen molar-refractivity contribution in [3.8, 4) is 0 Å². The molecule has 3 rings (SSSR count). The van der Waals surface area contributed by atoms with E-state index >= 15 is 0 Å². The minimum atomic E-state index is -0.857. The number of azide groups is 1. The van der Waals surface area contributed by atoms with Crippen molar-refractivity contribution >= 4 is 22.7 Å². The number of hydrogen-bond donors (Lipinski definition) is 2. The third kappa shape index (κ3) is 4.86. The lowest BCUT2D eigenvalue weighted by molar-refractivity contribution is -0.386. The number of carbonyl (C=O) groups is 1. The predicted molar refractivity (Wildman–Crippen MR) is 111 cm³/mol. The molecule has 3 aromatic rings. The van der Waals surface area contributed by atoms with Gasteiger partial charge in [-0.2, -0.15) is 0 Å². The number of H-pyrrole nitrogens is 1. The second-order valence-electron chi connectivity index (χ2n) is 6.62. The van der Waals surface area contributed by atoms with Gasteiger partial charge >= 0.3 is 6.09 Å². The average Bonchev–Trinajstić information content (AvgIpc) is 3.15. The van der Waals surface area contributed by atoms with E-state index in [2.05, 4.69) is 20.3 Å². The summed E-state index contributed by atoms with van der Waals surface area (Å²) in [5.74, 6) is 0. The number of nitrogens with one attached hydrogen (secondary N) is 2. The first kappa shape index (κ1) is 20.7. The monoisotopic (exact) mass is 408 g/mol. The molecule has 0 saturated heterocycles. The van der Waals surface area contributed by atoms with Crippen LogP contribution < -0.4 is 5.32 Å². The van der Waals surface area contributed by atoms with Gasteiger partial charge in [0.2, 0.25) is 0 Å². The second-order valence-corrected chi connectivity index (χ2v) is 6.62. The maximum atomic E-state index is 12.2. The van der Waals surface area contributed by atoms with Crippen molar-refractivity contribution in [2.75, 3.05) is 6.54 Å². The third-order valence-corrected chi connectivity index (χ3v) is 4.67. The Labute approximate surface area is 171 Å². The number of hydrogen-bond acceptors (Lipinski definition) is 5. The Hall–Kier alpha value is -4.04. The average molecular weight is 408 g/mol. The number of carbonyl (C=O) groups excluding carboxylic acids is 1. The molecule has 30 heavy (non-hydrogen) atoms. The molecule has 0 aliphatic carbocycles. The van der Waals surface area contributed by atoms with Gasteiger partial charge in [0.25, 0.3) is 5.69 Å². The maximum absolute atomic E-state index is 12.2. The molecule has 0 saturated carbocycles. The van der Waals surface area contributed by atoms with Gasteiger partial charge in [0, 0.05) is 34.6 Å². The summed E-state index contributed by atoms with van der Waals surface area (Å²) in [7, 11) is 0. The zero-order valence-electron chi connectivity index (χ0n) is 16.2. The van der Waals surface area contributed by atoms with Crippen LogP contribution in [0.25, 0.3) is 21.3 Å². The molecule has 0 radical (unpaired) electrons. The minimum Gasteiger partial charge on any atom is -0.441 e. The van der Waals surface area contributed by atoms with E-state index in [1.165, 1.54) is 18.2 Å². The number of ether oxygens (including phenoxy) is 1. The summed E-state index contributed by atoms with van der Waals surface area (Å²) in [4.78, 5) is 28.8. The number of nitro groups is 1. The maximum Gasteiger partial charge on any atom is 0.407 e. The Balaban J connectivity index is 1.61. The molecular weight excluding hydrogens is 388 g/mol. The first-order valence-electron chi connectivity index (χ1n) is 9.27. The van der Waals surface area contributed by atoms with Crippen LogP contribution in [-0.4, -0.2) is 22.5 Å². The molecule has 0 fully saturated rings. The van der Waals surface area contributed by atoms with Crippen LogP contribution in [0.1, 0.15) is 29.7 Å². The number of benzene rings is 2. The standard InChI is InChI=1S/C20H20N6O4/c1-13(17-10-14(11-24-25-21)6-7-19(17)26(28)29)30-20(27)22-9-8-15-12-23-18-5-3-2-4-16(15)18/h2-7,10,12-13,23H,8-9,11H2,1H3,(H,22,27). The van der Waals surface area contributed by atoms with E-state index in [1.807, 2.05) is 30.5 Å². The van der Waals surface area contributed by atoms with Crippen LogP contribution in [0, 0.1) is 10.1 Å². The van der Waals surface area contributed by atoms with Crippen LogP contribution in [0.2, 0.25) is 0 Å². The summed E-state index contributed by atoms with van der Waals surface area (Å²) in [6.45, 7) is 1.95. The highest BCUT2D eigenvalue weighted by atomic mass is 16.6. The largest absolute Gasteiger partial charge is 0.441 e. The highest BCUT2D eigenvalue weighted by Crippen LogP contribution is 2.29. The lowest BCUT2D eigenvalue weighted by Crippen LogP contribution is -2.27. The van der Waals surface area contributed by atoms with Gasteiger partial charge in [0.1, 0.15) is 6.10 Å². The van der Waals surface area contributed by atoms with Crippen molar-refractivity contribution < 1.29 is 14.5 Å². The molecule has 2 aromatic carbocycles. The summed E-state index contributed by atoms with van der Waals surface area (Å²) in [6, 6.07) is 12.2. The molecule has 1 amide bonds. The van der Waals surface area contributed by atoms with Crippen molar-refractivity contribution in [3.63, 3.8) is 0 Å². The number of nitrogens with zero attached hydrogens (tertiary/aromatic N) is 4. The molecule has 1 atom stereocenters. The van der Waals surface area contributed by atoms with E-state index in [4.69, 9.17) is 10.3 Å². The molecule has 10 nitrogen and oxygen atoms in total. The molecule has 1 aromatic heterocycles. The molecule has 1 heterocycles. The van der Waals surface area contributed by atoms with Crippen molar-refractivity contribution in [1.82, 2.24) is 10.3 Å². The Kier molecular flexibility index (Phi) is 6.51. The molecule has 0 bridgehead atoms. The number of aromatic amines is 1. The SMILES string of the molecule is CC(OC(=O)NCCc1c[nH]c2ccccc12)c1cc(CN=[N+]=[N-])ccc1[N+](=O)[O-]. The van der Waals surface area contributed by atoms with E-state index in [-0.39, 0.29) is 17.8 Å². The van der Waals surface area contributed by atoms with Crippen molar-refractivity contribution in [3.05, 3.63) is 85.9 Å². The molecule has 2 N–H and O–H groups in total. The quantitative estimate of drug-likeness (QED) is 0.179. The van der Waals surface area contributed by atoms with Gasteiger partial charge in [-0.05, 0) is 42.1 Å². The Morgan fingerprint density at radius 3 is 2.93 bits per heavy atom. The van der Waals surface area contributed by atoms with Gasteiger partial charge in [0.05, 0.1) is 17.0 Å². The van der Waals surface area contributed by atoms with Crippen molar-refractivity contribution in [2.45, 2.75) is 26.0 Å². The molecular formula is C20H20N6O4. The van der Waals surface area contributed by atoms with E-state index < -0.39 is 17.1 Å². The molecule has 10 heteroatoms. The Morgan fingerprint density at radius 1 is 1.37 bits per heavy atom. The lowest BCUT2D eigenvalue weighted by Gasteiger charge is -2.15. The van der Waals surface area contributed by atoms with E-state index in [9.17, 15) is 14.9 Å². The van der Waals surface area contributed by atoms with Crippen LogP contribution in [0.4, 0.5) is 10.5 Å². The molecule has 1 unspecified atom stereocenters. The number of alkyl carbamates (subject to hydrolysis) is 1. The molecule has 0 aliphatic heterocycles. The topological polar surface area (TPSA) is 146 Å². The number of fused-ring (bicyclic) bond motifs is 1. The first-order chi connectivity index (χ1) is 14.5. The molecule has 0 aliphatic rings. The minimum absolute atomic E-state index is 0.0467. The summed E-state index contributed by atoms with van der Waals surface area (Å²) in [6.07, 6.45) is 0.982. The van der Waals surface area contributed by atoms with Gasteiger partial charge in [0.15, 0.2) is 0 Å². The van der Waals surface area contributed by atoms with E-state index in [0.717, 1.165) is 16.5 Å². The van der Waals surface area contributed by atoms with Crippen LogP contribution in [-0.2, 0) is 17.7 Å². The van der Waals surface area contributed by atoms with Crippen LogP contribution >= 0.6 is 0 Å². The summed E-state index contributed by atoms with van der Waals surface area (Å²) in [5, 5.41) is 18.5. The van der Waals surface area contributed by atoms with Crippen molar-refractivity contribution in [2.24, 2.45) is 5.11 Å². The zero-order valence-corrected chi connectivity index (χ0v) is 16.2. The number of para-hydroxylation sites is 1. The number of nitro benzene ring substituents is 1. The second kappa shape index (κ2) is 9.44. The van der Waals surface area contributed by atoms with Gasteiger partial charge < -0.3 is 15.0 Å². The van der Waals surface area contributed by atoms with Gasteiger partial charge in [-0.1, -0.05) is 29.4 Å².